The molecule has 0 heterocycles. The summed E-state index contributed by atoms with van der Waals surface area (Å²) in [7, 11) is 0. The minimum Gasteiger partial charge on any atom is -0.394 e. The summed E-state index contributed by atoms with van der Waals surface area (Å²) in [6.07, 6.45) is 6.16. The Morgan fingerprint density at radius 1 is 0.842 bits per heavy atom. The molecule has 0 aromatic heterocycles. The van der Waals surface area contributed by atoms with Gasteiger partial charge in [-0.3, -0.25) is 0 Å². The maximum atomic E-state index is 9.75. The van der Waals surface area contributed by atoms with E-state index in [4.69, 9.17) is 5.11 Å². The van der Waals surface area contributed by atoms with E-state index in [1.54, 1.807) is 0 Å². The predicted octanol–water partition coefficient (Wildman–Crippen LogP) is 0.154. The first-order valence-corrected chi connectivity index (χ1v) is 7.53. The van der Waals surface area contributed by atoms with E-state index in [2.05, 4.69) is 5.32 Å². The van der Waals surface area contributed by atoms with E-state index in [0.29, 0.717) is 6.04 Å². The maximum Gasteiger partial charge on any atom is 0.109 e. The third-order valence-corrected chi connectivity index (χ3v) is 3.95. The van der Waals surface area contributed by atoms with Crippen molar-refractivity contribution in [1.82, 2.24) is 5.32 Å². The summed E-state index contributed by atoms with van der Waals surface area (Å²) in [5.74, 6) is 0. The minimum absolute atomic E-state index is 0.253. The number of aliphatic hydroxyl groups excluding tert-OH is 4. The van der Waals surface area contributed by atoms with Crippen molar-refractivity contribution in [2.45, 2.75) is 75.7 Å². The van der Waals surface area contributed by atoms with Gasteiger partial charge in [0.15, 0.2) is 0 Å². The van der Waals surface area contributed by atoms with Crippen LogP contribution in [0.25, 0.3) is 0 Å². The Balaban J connectivity index is 2.28. The van der Waals surface area contributed by atoms with Crippen LogP contribution in [0.3, 0.4) is 0 Å². The lowest BCUT2D eigenvalue weighted by atomic mass is 10.0. The Labute approximate surface area is 115 Å². The molecule has 0 aliphatic heterocycles. The zero-order chi connectivity index (χ0) is 14.1. The van der Waals surface area contributed by atoms with Crippen LogP contribution in [-0.4, -0.2) is 57.9 Å². The second-order valence-electron chi connectivity index (χ2n) is 5.61. The average Bonchev–Trinajstić information content (AvgIpc) is 2.56. The highest BCUT2D eigenvalue weighted by atomic mass is 16.4. The molecule has 0 aromatic rings. The molecule has 0 aromatic carbocycles. The van der Waals surface area contributed by atoms with Crippen molar-refractivity contribution in [1.29, 1.82) is 0 Å². The molecule has 3 atom stereocenters. The molecular formula is C14H29NO4. The minimum atomic E-state index is -1.30. The van der Waals surface area contributed by atoms with Crippen molar-refractivity contribution in [3.8, 4) is 0 Å². The molecule has 0 amide bonds. The van der Waals surface area contributed by atoms with Crippen LogP contribution >= 0.6 is 0 Å². The summed E-state index contributed by atoms with van der Waals surface area (Å²) in [5, 5.41) is 40.6. The summed E-state index contributed by atoms with van der Waals surface area (Å²) in [5.41, 5.74) is 0. The first kappa shape index (κ1) is 16.9. The molecular weight excluding hydrogens is 246 g/mol. The second kappa shape index (κ2) is 9.66. The molecule has 1 saturated carbocycles. The van der Waals surface area contributed by atoms with Gasteiger partial charge in [-0.15, -0.1) is 0 Å². The lowest BCUT2D eigenvalue weighted by molar-refractivity contribution is -0.0756. The highest BCUT2D eigenvalue weighted by molar-refractivity contribution is 4.79. The summed E-state index contributed by atoms with van der Waals surface area (Å²) >= 11 is 0. The molecule has 5 nitrogen and oxygen atoms in total. The van der Waals surface area contributed by atoms with Crippen molar-refractivity contribution in [3.05, 3.63) is 0 Å². The van der Waals surface area contributed by atoms with Crippen molar-refractivity contribution in [2.75, 3.05) is 13.2 Å². The molecule has 19 heavy (non-hydrogen) atoms. The van der Waals surface area contributed by atoms with Gasteiger partial charge >= 0.3 is 0 Å². The Kier molecular flexibility index (Phi) is 8.57. The van der Waals surface area contributed by atoms with Crippen molar-refractivity contribution < 1.29 is 20.4 Å². The van der Waals surface area contributed by atoms with Crippen molar-refractivity contribution in [2.24, 2.45) is 0 Å². The van der Waals surface area contributed by atoms with E-state index in [0.717, 1.165) is 12.8 Å². The molecule has 1 rings (SSSR count). The van der Waals surface area contributed by atoms with Gasteiger partial charge in [-0.25, -0.2) is 0 Å². The monoisotopic (exact) mass is 275 g/mol. The number of rotatable bonds is 6. The van der Waals surface area contributed by atoms with Crippen LogP contribution in [-0.2, 0) is 0 Å². The van der Waals surface area contributed by atoms with Gasteiger partial charge < -0.3 is 25.7 Å². The molecule has 0 spiro atoms. The standard InChI is InChI=1S/C14H29NO4/c16-10-13(18)14(19)12(17)9-15-11-7-5-3-1-2-4-6-8-11/h11-19H,1-10H2/t12-,13-,14+/m1/s1. The molecule has 0 saturated heterocycles. The van der Waals surface area contributed by atoms with Gasteiger partial charge in [0.05, 0.1) is 12.7 Å². The number of aliphatic hydroxyl groups is 4. The van der Waals surface area contributed by atoms with Crippen LogP contribution in [0.4, 0.5) is 0 Å². The van der Waals surface area contributed by atoms with Crippen LogP contribution in [0.5, 0.6) is 0 Å². The van der Waals surface area contributed by atoms with Crippen molar-refractivity contribution in [3.63, 3.8) is 0 Å². The number of hydrogen-bond acceptors (Lipinski definition) is 5. The first-order chi connectivity index (χ1) is 9.15. The fourth-order valence-corrected chi connectivity index (χ4v) is 2.61. The fourth-order valence-electron chi connectivity index (χ4n) is 2.61. The maximum absolute atomic E-state index is 9.75. The lowest BCUT2D eigenvalue weighted by Crippen LogP contribution is -2.46. The second-order valence-corrected chi connectivity index (χ2v) is 5.61. The molecule has 1 aliphatic rings. The zero-order valence-corrected chi connectivity index (χ0v) is 11.7. The topological polar surface area (TPSA) is 93.0 Å². The van der Waals surface area contributed by atoms with Crippen LogP contribution in [0.2, 0.25) is 0 Å². The largest absolute Gasteiger partial charge is 0.394 e. The zero-order valence-electron chi connectivity index (χ0n) is 11.7. The number of nitrogens with one attached hydrogen (secondary N) is 1. The molecule has 5 N–H and O–H groups in total. The molecule has 1 fully saturated rings. The van der Waals surface area contributed by atoms with Gasteiger partial charge in [0.1, 0.15) is 12.2 Å². The van der Waals surface area contributed by atoms with E-state index in [1.165, 1.54) is 38.5 Å². The molecule has 0 radical (unpaired) electrons. The van der Waals surface area contributed by atoms with Gasteiger partial charge in [0.25, 0.3) is 0 Å². The van der Waals surface area contributed by atoms with Gasteiger partial charge in [-0.05, 0) is 12.8 Å². The molecule has 114 valence electrons. The first-order valence-electron chi connectivity index (χ1n) is 7.53. The number of hydrogen-bond donors (Lipinski definition) is 5. The Hall–Kier alpha value is -0.200. The SMILES string of the molecule is OC[C@@H](O)[C@@H](O)[C@H](O)CNC1CCCCCCCC1. The summed E-state index contributed by atoms with van der Waals surface area (Å²) in [6, 6.07) is 0.381. The normalized spacial score (nSPS) is 24.0. The predicted molar refractivity (Wildman–Crippen MR) is 73.8 cm³/mol. The van der Waals surface area contributed by atoms with Crippen LogP contribution in [0, 0.1) is 0 Å². The molecule has 0 bridgehead atoms. The van der Waals surface area contributed by atoms with E-state index in [-0.39, 0.29) is 6.54 Å². The van der Waals surface area contributed by atoms with E-state index in [9.17, 15) is 15.3 Å². The third kappa shape index (κ3) is 6.68. The van der Waals surface area contributed by atoms with Crippen LogP contribution < -0.4 is 5.32 Å². The average molecular weight is 275 g/mol. The van der Waals surface area contributed by atoms with Crippen LogP contribution in [0.15, 0.2) is 0 Å². The highest BCUT2D eigenvalue weighted by Gasteiger charge is 2.24. The van der Waals surface area contributed by atoms with Gasteiger partial charge in [0, 0.05) is 12.6 Å². The molecule has 0 unspecified atom stereocenters. The van der Waals surface area contributed by atoms with Crippen LogP contribution in [0.1, 0.15) is 51.4 Å². The fraction of sp³-hybridized carbons (Fsp3) is 1.00. The Morgan fingerprint density at radius 2 is 1.37 bits per heavy atom. The van der Waals surface area contributed by atoms with Gasteiger partial charge in [-0.2, -0.15) is 0 Å². The van der Waals surface area contributed by atoms with E-state index < -0.39 is 24.9 Å². The molecule has 5 heteroatoms. The summed E-state index contributed by atoms with van der Waals surface area (Å²) in [4.78, 5) is 0. The third-order valence-electron chi connectivity index (χ3n) is 3.95. The molecule has 1 aliphatic carbocycles. The van der Waals surface area contributed by atoms with Gasteiger partial charge in [0.2, 0.25) is 0 Å². The summed E-state index contributed by atoms with van der Waals surface area (Å²) < 4.78 is 0. The van der Waals surface area contributed by atoms with E-state index >= 15 is 0 Å². The summed E-state index contributed by atoms with van der Waals surface area (Å²) in [6.45, 7) is -0.287. The smallest absolute Gasteiger partial charge is 0.109 e. The Bertz CT molecular complexity index is 217. The Morgan fingerprint density at radius 3 is 1.89 bits per heavy atom. The van der Waals surface area contributed by atoms with Crippen molar-refractivity contribution >= 4 is 0 Å². The van der Waals surface area contributed by atoms with E-state index in [1.807, 2.05) is 0 Å². The van der Waals surface area contributed by atoms with Gasteiger partial charge in [-0.1, -0.05) is 38.5 Å². The highest BCUT2D eigenvalue weighted by Crippen LogP contribution is 2.17. The quantitative estimate of drug-likeness (QED) is 0.476. The lowest BCUT2D eigenvalue weighted by Gasteiger charge is -2.25.